The summed E-state index contributed by atoms with van der Waals surface area (Å²) in [7, 11) is 0. The Morgan fingerprint density at radius 3 is 2.60 bits per heavy atom. The summed E-state index contributed by atoms with van der Waals surface area (Å²) in [6.07, 6.45) is 0.978. The van der Waals surface area contributed by atoms with E-state index in [-0.39, 0.29) is 11.8 Å². The van der Waals surface area contributed by atoms with Gasteiger partial charge < -0.3 is 10.8 Å². The van der Waals surface area contributed by atoms with Crippen LogP contribution in [-0.2, 0) is 0 Å². The van der Waals surface area contributed by atoms with Gasteiger partial charge in [-0.15, -0.1) is 0 Å². The fourth-order valence-corrected chi connectivity index (χ4v) is 1.86. The molecule has 2 atom stereocenters. The van der Waals surface area contributed by atoms with Crippen molar-refractivity contribution in [2.75, 3.05) is 0 Å². The molecule has 0 aliphatic carbocycles. The lowest BCUT2D eigenvalue weighted by atomic mass is 9.92. The molecular weight excluding hydrogens is 210 g/mol. The molecule has 84 valence electrons. The summed E-state index contributed by atoms with van der Waals surface area (Å²) in [6.45, 7) is 5.98. The number of aryl methyl sites for hydroxylation is 1. The van der Waals surface area contributed by atoms with Crippen molar-refractivity contribution in [2.45, 2.75) is 33.2 Å². The van der Waals surface area contributed by atoms with E-state index in [1.54, 1.807) is 12.1 Å². The third-order valence-electron chi connectivity index (χ3n) is 2.91. The van der Waals surface area contributed by atoms with Crippen molar-refractivity contribution in [3.05, 3.63) is 28.3 Å². The Morgan fingerprint density at radius 1 is 1.47 bits per heavy atom. The Balaban J connectivity index is 3.13. The molecule has 3 N–H and O–H groups in total. The smallest absolute Gasteiger partial charge is 0.123 e. The van der Waals surface area contributed by atoms with Crippen molar-refractivity contribution in [3.63, 3.8) is 0 Å². The zero-order valence-electron chi connectivity index (χ0n) is 9.42. The Bertz CT molecular complexity index is 352. The highest BCUT2D eigenvalue weighted by Crippen LogP contribution is 2.33. The Morgan fingerprint density at radius 2 is 2.07 bits per heavy atom. The van der Waals surface area contributed by atoms with Crippen molar-refractivity contribution in [1.82, 2.24) is 0 Å². The molecular formula is C12H18ClNO. The molecule has 0 heterocycles. The Hall–Kier alpha value is -0.730. The highest BCUT2D eigenvalue weighted by molar-refractivity contribution is 6.30. The molecule has 0 aliphatic heterocycles. The number of phenolic OH excluding ortho intramolecular Hbond substituents is 1. The van der Waals surface area contributed by atoms with E-state index in [4.69, 9.17) is 17.3 Å². The fourth-order valence-electron chi connectivity index (χ4n) is 1.58. The van der Waals surface area contributed by atoms with Crippen molar-refractivity contribution in [3.8, 4) is 5.75 Å². The van der Waals surface area contributed by atoms with Crippen LogP contribution in [0.4, 0.5) is 0 Å². The molecule has 3 heteroatoms. The second kappa shape index (κ2) is 4.86. The third-order valence-corrected chi connectivity index (χ3v) is 3.13. The lowest BCUT2D eigenvalue weighted by Crippen LogP contribution is -2.18. The SMILES string of the molecule is CCC(C)[C@@H](N)c1cc(Cl)cc(C)c1O. The molecule has 0 saturated carbocycles. The highest BCUT2D eigenvalue weighted by atomic mass is 35.5. The minimum Gasteiger partial charge on any atom is -0.507 e. The number of hydrogen-bond donors (Lipinski definition) is 2. The summed E-state index contributed by atoms with van der Waals surface area (Å²) in [5, 5.41) is 10.5. The maximum absolute atomic E-state index is 9.90. The Labute approximate surface area is 96.1 Å². The van der Waals surface area contributed by atoms with E-state index in [1.807, 2.05) is 6.92 Å². The van der Waals surface area contributed by atoms with Gasteiger partial charge in [0.1, 0.15) is 5.75 Å². The van der Waals surface area contributed by atoms with Gasteiger partial charge in [0.2, 0.25) is 0 Å². The molecule has 1 aromatic carbocycles. The second-order valence-electron chi connectivity index (χ2n) is 4.07. The van der Waals surface area contributed by atoms with Crippen LogP contribution < -0.4 is 5.73 Å². The zero-order chi connectivity index (χ0) is 11.6. The molecule has 0 saturated heterocycles. The molecule has 0 amide bonds. The molecule has 0 aliphatic rings. The van der Waals surface area contributed by atoms with Crippen LogP contribution in [0.5, 0.6) is 5.75 Å². The number of benzene rings is 1. The van der Waals surface area contributed by atoms with E-state index in [0.717, 1.165) is 17.5 Å². The topological polar surface area (TPSA) is 46.2 Å². The van der Waals surface area contributed by atoms with Gasteiger partial charge in [-0.2, -0.15) is 0 Å². The summed E-state index contributed by atoms with van der Waals surface area (Å²) in [5.74, 6) is 0.598. The van der Waals surface area contributed by atoms with Crippen LogP contribution in [0, 0.1) is 12.8 Å². The first-order valence-corrected chi connectivity index (χ1v) is 5.59. The number of nitrogens with two attached hydrogens (primary N) is 1. The standard InChI is InChI=1S/C12H18ClNO/c1-4-7(2)11(14)10-6-9(13)5-8(3)12(10)15/h5-7,11,15H,4,14H2,1-3H3/t7?,11-/m1/s1. The third kappa shape index (κ3) is 2.64. The molecule has 0 aromatic heterocycles. The van der Waals surface area contributed by atoms with Crippen LogP contribution in [0.1, 0.15) is 37.4 Å². The van der Waals surface area contributed by atoms with Crippen LogP contribution in [0.15, 0.2) is 12.1 Å². The van der Waals surface area contributed by atoms with Crippen LogP contribution in [-0.4, -0.2) is 5.11 Å². The van der Waals surface area contributed by atoms with Crippen LogP contribution in [0.25, 0.3) is 0 Å². The first-order chi connectivity index (χ1) is 6.97. The quantitative estimate of drug-likeness (QED) is 0.832. The normalized spacial score (nSPS) is 15.0. The fraction of sp³-hybridized carbons (Fsp3) is 0.500. The number of phenols is 1. The van der Waals surface area contributed by atoms with Crippen LogP contribution in [0.2, 0.25) is 5.02 Å². The molecule has 1 aromatic rings. The molecule has 0 fully saturated rings. The molecule has 0 bridgehead atoms. The van der Waals surface area contributed by atoms with E-state index < -0.39 is 0 Å². The summed E-state index contributed by atoms with van der Waals surface area (Å²) < 4.78 is 0. The van der Waals surface area contributed by atoms with Gasteiger partial charge in [0, 0.05) is 16.6 Å². The molecule has 15 heavy (non-hydrogen) atoms. The molecule has 0 spiro atoms. The van der Waals surface area contributed by atoms with Gasteiger partial charge in [-0.25, -0.2) is 0 Å². The van der Waals surface area contributed by atoms with E-state index in [1.165, 1.54) is 0 Å². The molecule has 1 rings (SSSR count). The van der Waals surface area contributed by atoms with E-state index in [2.05, 4.69) is 13.8 Å². The average Bonchev–Trinajstić information content (AvgIpc) is 2.21. The first kappa shape index (κ1) is 12.3. The first-order valence-electron chi connectivity index (χ1n) is 5.22. The highest BCUT2D eigenvalue weighted by Gasteiger charge is 2.18. The lowest BCUT2D eigenvalue weighted by molar-refractivity contribution is 0.417. The van der Waals surface area contributed by atoms with E-state index >= 15 is 0 Å². The predicted molar refractivity (Wildman–Crippen MR) is 64.2 cm³/mol. The van der Waals surface area contributed by atoms with Gasteiger partial charge in [0.15, 0.2) is 0 Å². The summed E-state index contributed by atoms with van der Waals surface area (Å²) in [5.41, 5.74) is 7.59. The lowest BCUT2D eigenvalue weighted by Gasteiger charge is -2.20. The predicted octanol–water partition coefficient (Wildman–Crippen LogP) is 3.40. The Kier molecular flexibility index (Phi) is 4.00. The van der Waals surface area contributed by atoms with Gasteiger partial charge >= 0.3 is 0 Å². The second-order valence-corrected chi connectivity index (χ2v) is 4.51. The largest absolute Gasteiger partial charge is 0.507 e. The van der Waals surface area contributed by atoms with Crippen LogP contribution >= 0.6 is 11.6 Å². The minimum absolute atomic E-state index is 0.160. The van der Waals surface area contributed by atoms with Crippen molar-refractivity contribution < 1.29 is 5.11 Å². The summed E-state index contributed by atoms with van der Waals surface area (Å²) in [6, 6.07) is 3.33. The summed E-state index contributed by atoms with van der Waals surface area (Å²) in [4.78, 5) is 0. The van der Waals surface area contributed by atoms with E-state index in [0.29, 0.717) is 10.9 Å². The number of rotatable bonds is 3. The van der Waals surface area contributed by atoms with Gasteiger partial charge in [0.25, 0.3) is 0 Å². The van der Waals surface area contributed by atoms with Gasteiger partial charge in [-0.3, -0.25) is 0 Å². The van der Waals surface area contributed by atoms with Crippen molar-refractivity contribution >= 4 is 11.6 Å². The van der Waals surface area contributed by atoms with E-state index in [9.17, 15) is 5.11 Å². The van der Waals surface area contributed by atoms with Crippen LogP contribution in [0.3, 0.4) is 0 Å². The maximum atomic E-state index is 9.90. The molecule has 0 radical (unpaired) electrons. The number of aromatic hydroxyl groups is 1. The molecule has 1 unspecified atom stereocenters. The number of halogens is 1. The van der Waals surface area contributed by atoms with Gasteiger partial charge in [-0.05, 0) is 30.5 Å². The average molecular weight is 228 g/mol. The number of hydrogen-bond acceptors (Lipinski definition) is 2. The van der Waals surface area contributed by atoms with Crippen molar-refractivity contribution in [1.29, 1.82) is 0 Å². The monoisotopic (exact) mass is 227 g/mol. The van der Waals surface area contributed by atoms with Crippen molar-refractivity contribution in [2.24, 2.45) is 11.7 Å². The summed E-state index contributed by atoms with van der Waals surface area (Å²) >= 11 is 5.95. The molecule has 2 nitrogen and oxygen atoms in total. The van der Waals surface area contributed by atoms with Gasteiger partial charge in [-0.1, -0.05) is 31.9 Å². The van der Waals surface area contributed by atoms with Gasteiger partial charge in [0.05, 0.1) is 0 Å². The zero-order valence-corrected chi connectivity index (χ0v) is 10.2. The minimum atomic E-state index is -0.160. The maximum Gasteiger partial charge on any atom is 0.123 e.